The second-order valence-electron chi connectivity index (χ2n) is 5.14. The molecule has 1 atom stereocenters. The minimum Gasteiger partial charge on any atom is -0.459 e. The zero-order valence-corrected chi connectivity index (χ0v) is 12.5. The fourth-order valence-electron chi connectivity index (χ4n) is 2.05. The Kier molecular flexibility index (Phi) is 7.50. The van der Waals surface area contributed by atoms with Crippen LogP contribution in [-0.2, 0) is 4.74 Å². The van der Waals surface area contributed by atoms with E-state index in [1.165, 1.54) is 25.7 Å². The normalized spacial score (nSPS) is 11.7. The Hall–Kier alpha value is -1.75. The third-order valence-electron chi connectivity index (χ3n) is 3.31. The quantitative estimate of drug-likeness (QED) is 0.393. The number of rotatable bonds is 8. The van der Waals surface area contributed by atoms with Crippen LogP contribution in [-0.4, -0.2) is 12.1 Å². The van der Waals surface area contributed by atoms with Crippen LogP contribution in [0.5, 0.6) is 0 Å². The van der Waals surface area contributed by atoms with E-state index in [1.807, 2.05) is 6.92 Å². The topological polar surface area (TPSA) is 26.3 Å². The number of carbonyl (C=O) groups is 1. The zero-order valence-electron chi connectivity index (χ0n) is 12.5. The van der Waals surface area contributed by atoms with Gasteiger partial charge in [0.1, 0.15) is 0 Å². The molecule has 1 aromatic rings. The van der Waals surface area contributed by atoms with Gasteiger partial charge in [0.15, 0.2) is 0 Å². The average Bonchev–Trinajstić information content (AvgIpc) is 2.47. The van der Waals surface area contributed by atoms with Crippen LogP contribution in [0.2, 0.25) is 0 Å². The minimum atomic E-state index is -0.269. The maximum absolute atomic E-state index is 11.9. The molecule has 2 heteroatoms. The molecule has 0 fully saturated rings. The molecule has 1 rings (SSSR count). The summed E-state index contributed by atoms with van der Waals surface area (Å²) in [6.45, 7) is 4.16. The first-order chi connectivity index (χ1) is 9.67. The largest absolute Gasteiger partial charge is 0.459 e. The first kappa shape index (κ1) is 16.3. The number of benzene rings is 1. The second kappa shape index (κ2) is 9.20. The molecule has 0 heterocycles. The Morgan fingerprint density at radius 3 is 2.45 bits per heavy atom. The number of unbranched alkanes of at least 4 members (excludes halogenated alkanes) is 4. The number of ether oxygens (including phenoxy) is 1. The van der Waals surface area contributed by atoms with Gasteiger partial charge in [-0.1, -0.05) is 38.5 Å². The Morgan fingerprint density at radius 2 is 1.85 bits per heavy atom. The van der Waals surface area contributed by atoms with Crippen molar-refractivity contribution in [3.05, 3.63) is 35.4 Å². The van der Waals surface area contributed by atoms with Crippen molar-refractivity contribution in [3.8, 4) is 12.3 Å². The van der Waals surface area contributed by atoms with Gasteiger partial charge in [-0.15, -0.1) is 6.42 Å². The number of hydrogen-bond acceptors (Lipinski definition) is 2. The number of esters is 1. The summed E-state index contributed by atoms with van der Waals surface area (Å²) < 4.78 is 5.43. The fourth-order valence-corrected chi connectivity index (χ4v) is 2.05. The second-order valence-corrected chi connectivity index (χ2v) is 5.14. The predicted octanol–water partition coefficient (Wildman–Crippen LogP) is 4.57. The first-order valence-corrected chi connectivity index (χ1v) is 7.45. The summed E-state index contributed by atoms with van der Waals surface area (Å²) >= 11 is 0. The summed E-state index contributed by atoms with van der Waals surface area (Å²) in [5.41, 5.74) is 1.33. The van der Waals surface area contributed by atoms with Crippen molar-refractivity contribution in [2.45, 2.75) is 58.5 Å². The van der Waals surface area contributed by atoms with Crippen LogP contribution in [0.1, 0.15) is 68.3 Å². The van der Waals surface area contributed by atoms with Crippen molar-refractivity contribution < 1.29 is 9.53 Å². The molecule has 0 saturated carbocycles. The van der Waals surface area contributed by atoms with E-state index in [-0.39, 0.29) is 12.1 Å². The molecule has 0 aliphatic heterocycles. The molecule has 0 unspecified atom stereocenters. The van der Waals surface area contributed by atoms with E-state index in [0.29, 0.717) is 5.56 Å². The highest BCUT2D eigenvalue weighted by molar-refractivity contribution is 5.89. The van der Waals surface area contributed by atoms with Gasteiger partial charge in [0.2, 0.25) is 0 Å². The van der Waals surface area contributed by atoms with Crippen molar-refractivity contribution in [1.82, 2.24) is 0 Å². The summed E-state index contributed by atoms with van der Waals surface area (Å²) in [5, 5.41) is 0. The van der Waals surface area contributed by atoms with Gasteiger partial charge >= 0.3 is 5.97 Å². The van der Waals surface area contributed by atoms with Crippen molar-refractivity contribution >= 4 is 5.97 Å². The van der Waals surface area contributed by atoms with Crippen LogP contribution in [0.25, 0.3) is 0 Å². The lowest BCUT2D eigenvalue weighted by molar-refractivity contribution is 0.0319. The van der Waals surface area contributed by atoms with E-state index < -0.39 is 0 Å². The third kappa shape index (κ3) is 5.93. The molecule has 0 amide bonds. The fraction of sp³-hybridized carbons (Fsp3) is 0.500. The summed E-state index contributed by atoms with van der Waals surface area (Å²) in [5.74, 6) is 2.26. The Labute approximate surface area is 122 Å². The van der Waals surface area contributed by atoms with Gasteiger partial charge in [-0.25, -0.2) is 4.79 Å². The van der Waals surface area contributed by atoms with Crippen molar-refractivity contribution in [3.63, 3.8) is 0 Å². The molecule has 2 nitrogen and oxygen atoms in total. The molecule has 0 spiro atoms. The van der Waals surface area contributed by atoms with Crippen LogP contribution in [0, 0.1) is 12.3 Å². The van der Waals surface area contributed by atoms with E-state index in [0.717, 1.165) is 18.4 Å². The van der Waals surface area contributed by atoms with Crippen molar-refractivity contribution in [2.24, 2.45) is 0 Å². The van der Waals surface area contributed by atoms with Crippen molar-refractivity contribution in [2.75, 3.05) is 0 Å². The Bertz CT molecular complexity index is 439. The Morgan fingerprint density at radius 1 is 1.20 bits per heavy atom. The molecular weight excluding hydrogens is 248 g/mol. The summed E-state index contributed by atoms with van der Waals surface area (Å²) in [7, 11) is 0. The molecule has 0 radical (unpaired) electrons. The molecule has 0 aliphatic rings. The maximum atomic E-state index is 11.9. The maximum Gasteiger partial charge on any atom is 0.338 e. The predicted molar refractivity (Wildman–Crippen MR) is 82.6 cm³/mol. The van der Waals surface area contributed by atoms with Crippen LogP contribution >= 0.6 is 0 Å². The summed E-state index contributed by atoms with van der Waals surface area (Å²) in [4.78, 5) is 11.9. The average molecular weight is 272 g/mol. The molecule has 0 saturated heterocycles. The van der Waals surface area contributed by atoms with Gasteiger partial charge in [-0.3, -0.25) is 0 Å². The monoisotopic (exact) mass is 272 g/mol. The molecule has 108 valence electrons. The summed E-state index contributed by atoms with van der Waals surface area (Å²) in [6, 6.07) is 6.94. The van der Waals surface area contributed by atoms with Gasteiger partial charge in [0, 0.05) is 5.56 Å². The van der Waals surface area contributed by atoms with Gasteiger partial charge in [-0.05, 0) is 44.0 Å². The van der Waals surface area contributed by atoms with E-state index in [9.17, 15) is 4.79 Å². The van der Waals surface area contributed by atoms with Crippen LogP contribution < -0.4 is 0 Å². The van der Waals surface area contributed by atoms with E-state index in [4.69, 9.17) is 11.2 Å². The number of hydrogen-bond donors (Lipinski definition) is 0. The van der Waals surface area contributed by atoms with Crippen molar-refractivity contribution in [1.29, 1.82) is 0 Å². The highest BCUT2D eigenvalue weighted by atomic mass is 16.5. The van der Waals surface area contributed by atoms with E-state index in [2.05, 4.69) is 12.8 Å². The molecule has 0 bridgehead atoms. The number of terminal acetylenes is 1. The molecule has 0 aliphatic carbocycles. The number of carbonyl (C=O) groups excluding carboxylic acids is 1. The molecule has 1 aromatic carbocycles. The van der Waals surface area contributed by atoms with Gasteiger partial charge in [0.05, 0.1) is 11.7 Å². The van der Waals surface area contributed by atoms with E-state index in [1.54, 1.807) is 24.3 Å². The van der Waals surface area contributed by atoms with Crippen LogP contribution in [0.4, 0.5) is 0 Å². The Balaban J connectivity index is 2.31. The summed E-state index contributed by atoms with van der Waals surface area (Å²) in [6.07, 6.45) is 12.3. The van der Waals surface area contributed by atoms with Gasteiger partial charge < -0.3 is 4.74 Å². The minimum absolute atomic E-state index is 0.0311. The highest BCUT2D eigenvalue weighted by Crippen LogP contribution is 2.12. The van der Waals surface area contributed by atoms with E-state index >= 15 is 0 Å². The van der Waals surface area contributed by atoms with Gasteiger partial charge in [-0.2, -0.15) is 0 Å². The highest BCUT2D eigenvalue weighted by Gasteiger charge is 2.11. The van der Waals surface area contributed by atoms with Crippen LogP contribution in [0.15, 0.2) is 24.3 Å². The SMILES string of the molecule is C#Cc1ccc(C(=O)O[C@H](C)CCCCCCC)cc1. The van der Waals surface area contributed by atoms with Gasteiger partial charge in [0.25, 0.3) is 0 Å². The van der Waals surface area contributed by atoms with Crippen LogP contribution in [0.3, 0.4) is 0 Å². The molecule has 20 heavy (non-hydrogen) atoms. The zero-order chi connectivity index (χ0) is 14.8. The molecular formula is C18H24O2. The lowest BCUT2D eigenvalue weighted by Gasteiger charge is -2.13. The molecule has 0 aromatic heterocycles. The first-order valence-electron chi connectivity index (χ1n) is 7.45. The smallest absolute Gasteiger partial charge is 0.338 e. The lowest BCUT2D eigenvalue weighted by Crippen LogP contribution is -2.15. The lowest BCUT2D eigenvalue weighted by atomic mass is 10.1. The standard InChI is InChI=1S/C18H24O2/c1-4-6-7-8-9-10-15(3)20-18(19)17-13-11-16(5-2)12-14-17/h2,11-15H,4,6-10H2,1,3H3/t15-/m1/s1. The molecule has 0 N–H and O–H groups in total. The third-order valence-corrected chi connectivity index (χ3v) is 3.31.